The molecule has 7 N–H and O–H groups in total. The Hall–Kier alpha value is -2.44. The first-order valence-corrected chi connectivity index (χ1v) is 12.3. The Bertz CT molecular complexity index is 1240. The Labute approximate surface area is 201 Å². The lowest BCUT2D eigenvalue weighted by atomic mass is 9.88. The molecule has 2 fully saturated rings. The molecule has 10 nitrogen and oxygen atoms in total. The number of aliphatic hydroxyl groups is 3. The molecular formula is C23H31N7O3S. The third kappa shape index (κ3) is 4.22. The van der Waals surface area contributed by atoms with Gasteiger partial charge in [-0.1, -0.05) is 0 Å². The summed E-state index contributed by atoms with van der Waals surface area (Å²) in [7, 11) is 0. The maximum absolute atomic E-state index is 10.8. The Morgan fingerprint density at radius 1 is 1.12 bits per heavy atom. The Morgan fingerprint density at radius 3 is 2.47 bits per heavy atom. The van der Waals surface area contributed by atoms with E-state index in [0.717, 1.165) is 39.3 Å². The zero-order valence-corrected chi connectivity index (χ0v) is 20.5. The van der Waals surface area contributed by atoms with Crippen molar-refractivity contribution >= 4 is 33.3 Å². The van der Waals surface area contributed by atoms with Gasteiger partial charge in [-0.2, -0.15) is 4.98 Å². The van der Waals surface area contributed by atoms with Crippen LogP contribution in [0.1, 0.15) is 44.5 Å². The fourth-order valence-corrected chi connectivity index (χ4v) is 5.73. The number of anilines is 2. The highest BCUT2D eigenvalue weighted by molar-refractivity contribution is 7.21. The van der Waals surface area contributed by atoms with Crippen molar-refractivity contribution in [1.82, 2.24) is 19.9 Å². The number of hydrogen-bond donors (Lipinski definition) is 6. The van der Waals surface area contributed by atoms with Crippen molar-refractivity contribution in [3.63, 3.8) is 0 Å². The molecule has 0 aliphatic heterocycles. The van der Waals surface area contributed by atoms with Gasteiger partial charge in [0.1, 0.15) is 22.4 Å². The third-order valence-corrected chi connectivity index (χ3v) is 7.89. The lowest BCUT2D eigenvalue weighted by Crippen LogP contribution is -2.40. The number of nitrogens with zero attached hydrogens (tertiary/aromatic N) is 4. The van der Waals surface area contributed by atoms with Gasteiger partial charge in [-0.3, -0.25) is 4.98 Å². The van der Waals surface area contributed by atoms with Crippen LogP contribution in [0.25, 0.3) is 20.8 Å². The molecule has 2 saturated carbocycles. The van der Waals surface area contributed by atoms with Gasteiger partial charge in [0, 0.05) is 12.1 Å². The summed E-state index contributed by atoms with van der Waals surface area (Å²) in [5, 5.41) is 39.1. The molecule has 182 valence electrons. The van der Waals surface area contributed by atoms with Gasteiger partial charge in [0.15, 0.2) is 0 Å². The van der Waals surface area contributed by atoms with Gasteiger partial charge in [-0.25, -0.2) is 9.97 Å². The zero-order valence-electron chi connectivity index (χ0n) is 19.7. The highest BCUT2D eigenvalue weighted by atomic mass is 32.1. The minimum atomic E-state index is -1.14. The van der Waals surface area contributed by atoms with Crippen molar-refractivity contribution in [2.75, 3.05) is 10.6 Å². The average Bonchev–Trinajstić information content (AvgIpc) is 3.18. The van der Waals surface area contributed by atoms with Crippen LogP contribution >= 0.6 is 11.3 Å². The van der Waals surface area contributed by atoms with Crippen LogP contribution in [0, 0.1) is 19.8 Å². The van der Waals surface area contributed by atoms with E-state index in [2.05, 4.69) is 20.6 Å². The first-order valence-electron chi connectivity index (χ1n) is 11.5. The number of aliphatic hydroxyl groups excluding tert-OH is 2. The largest absolute Gasteiger partial charge is 0.390 e. The molecule has 0 amide bonds. The van der Waals surface area contributed by atoms with Gasteiger partial charge in [-0.05, 0) is 53.0 Å². The van der Waals surface area contributed by atoms with Gasteiger partial charge in [-0.15, -0.1) is 11.3 Å². The summed E-state index contributed by atoms with van der Waals surface area (Å²) in [4.78, 5) is 18.5. The third-order valence-electron chi connectivity index (χ3n) is 6.86. The summed E-state index contributed by atoms with van der Waals surface area (Å²) >= 11 is 1.52. The predicted molar refractivity (Wildman–Crippen MR) is 132 cm³/mol. The Morgan fingerprint density at radius 2 is 1.85 bits per heavy atom. The molecule has 0 unspecified atom stereocenters. The molecule has 0 saturated heterocycles. The standard InChI is InChI=1S/C23H31N7O3S/c1-10-15(20-28-16-11(2)25-8-5-14(16)34-20)19(29-21(26-10)30-23(24)6-7-23)27-13-9-12(22(3,4)33)17(31)18(13)32/h5,8,12-13,17-18,31-33H,6-7,9,24H2,1-4H3,(H2,26,27,29,30)/t12-,13+,17+,18-/m0/s1. The number of aryl methyl sites for hydroxylation is 2. The van der Waals surface area contributed by atoms with Gasteiger partial charge in [0.2, 0.25) is 5.95 Å². The number of pyridine rings is 1. The second-order valence-corrected chi connectivity index (χ2v) is 11.2. The van der Waals surface area contributed by atoms with E-state index >= 15 is 0 Å². The molecule has 0 radical (unpaired) electrons. The minimum absolute atomic E-state index is 0.376. The van der Waals surface area contributed by atoms with E-state index in [-0.39, 0.29) is 0 Å². The van der Waals surface area contributed by atoms with Crippen LogP contribution in [0.2, 0.25) is 0 Å². The van der Waals surface area contributed by atoms with Crippen LogP contribution in [-0.2, 0) is 0 Å². The van der Waals surface area contributed by atoms with Crippen LogP contribution in [0.3, 0.4) is 0 Å². The van der Waals surface area contributed by atoms with Gasteiger partial charge < -0.3 is 31.7 Å². The number of rotatable bonds is 6. The average molecular weight is 486 g/mol. The highest BCUT2D eigenvalue weighted by Gasteiger charge is 2.48. The zero-order chi connectivity index (χ0) is 24.4. The normalized spacial score (nSPS) is 26.1. The highest BCUT2D eigenvalue weighted by Crippen LogP contribution is 2.41. The maximum Gasteiger partial charge on any atom is 0.226 e. The van der Waals surface area contributed by atoms with Crippen molar-refractivity contribution in [1.29, 1.82) is 0 Å². The summed E-state index contributed by atoms with van der Waals surface area (Å²) in [5.74, 6) is 0.408. The molecule has 0 aromatic carbocycles. The lowest BCUT2D eigenvalue weighted by molar-refractivity contribution is -0.0601. The van der Waals surface area contributed by atoms with Crippen LogP contribution < -0.4 is 16.4 Å². The van der Waals surface area contributed by atoms with Gasteiger partial charge >= 0.3 is 0 Å². The van der Waals surface area contributed by atoms with Crippen molar-refractivity contribution in [2.45, 2.75) is 76.5 Å². The van der Waals surface area contributed by atoms with E-state index in [0.29, 0.717) is 23.9 Å². The van der Waals surface area contributed by atoms with E-state index in [4.69, 9.17) is 15.7 Å². The number of aromatic nitrogens is 4. The summed E-state index contributed by atoms with van der Waals surface area (Å²) in [6.45, 7) is 7.10. The van der Waals surface area contributed by atoms with Gasteiger partial charge in [0.25, 0.3) is 0 Å². The molecule has 5 rings (SSSR count). The lowest BCUT2D eigenvalue weighted by Gasteiger charge is -2.28. The monoisotopic (exact) mass is 485 g/mol. The van der Waals surface area contributed by atoms with E-state index in [1.54, 1.807) is 20.0 Å². The maximum atomic E-state index is 10.8. The fourth-order valence-electron chi connectivity index (χ4n) is 4.62. The second kappa shape index (κ2) is 8.06. The van der Waals surface area contributed by atoms with Crippen LogP contribution in [-0.4, -0.2) is 64.8 Å². The molecule has 2 aliphatic carbocycles. The number of hydrogen-bond acceptors (Lipinski definition) is 11. The molecule has 3 aromatic heterocycles. The quantitative estimate of drug-likeness (QED) is 0.284. The molecule has 34 heavy (non-hydrogen) atoms. The molecule has 0 bridgehead atoms. The van der Waals surface area contributed by atoms with Crippen LogP contribution in [0.15, 0.2) is 12.3 Å². The first kappa shape index (κ1) is 23.3. The second-order valence-electron chi connectivity index (χ2n) is 10.1. The predicted octanol–water partition coefficient (Wildman–Crippen LogP) is 1.92. The van der Waals surface area contributed by atoms with Crippen molar-refractivity contribution in [3.05, 3.63) is 23.7 Å². The molecule has 4 atom stereocenters. The Kier molecular flexibility index (Phi) is 5.53. The number of fused-ring (bicyclic) bond motifs is 1. The topological polar surface area (TPSA) is 162 Å². The number of nitrogens with one attached hydrogen (secondary N) is 2. The van der Waals surface area contributed by atoms with Gasteiger partial charge in [0.05, 0.1) is 45.1 Å². The number of nitrogens with two attached hydrogens (primary N) is 1. The van der Waals surface area contributed by atoms with E-state index in [1.807, 2.05) is 19.9 Å². The Balaban J connectivity index is 1.57. The summed E-state index contributed by atoms with van der Waals surface area (Å²) < 4.78 is 1.01. The van der Waals surface area contributed by atoms with E-state index in [1.165, 1.54) is 11.3 Å². The van der Waals surface area contributed by atoms with Crippen molar-refractivity contribution < 1.29 is 15.3 Å². The molecule has 11 heteroatoms. The number of thiazole rings is 1. The van der Waals surface area contributed by atoms with Crippen LogP contribution in [0.4, 0.5) is 11.8 Å². The van der Waals surface area contributed by atoms with Crippen molar-refractivity contribution in [3.8, 4) is 10.6 Å². The summed E-state index contributed by atoms with van der Waals surface area (Å²) in [5.41, 5.74) is 7.70. The molecular weight excluding hydrogens is 454 g/mol. The molecule has 2 aliphatic rings. The minimum Gasteiger partial charge on any atom is -0.390 e. The smallest absolute Gasteiger partial charge is 0.226 e. The summed E-state index contributed by atoms with van der Waals surface area (Å²) in [6, 6.07) is 1.41. The first-order chi connectivity index (χ1) is 15.9. The van der Waals surface area contributed by atoms with E-state index < -0.39 is 35.4 Å². The fraction of sp³-hybridized carbons (Fsp3) is 0.565. The molecule has 3 heterocycles. The SMILES string of the molecule is Cc1nc(NC2(N)CC2)nc(N[C@@H]2C[C@H](C(C)(C)O)[C@@H](O)[C@H]2O)c1-c1nc2c(C)nccc2s1. The van der Waals surface area contributed by atoms with Crippen molar-refractivity contribution in [2.24, 2.45) is 11.7 Å². The van der Waals surface area contributed by atoms with E-state index in [9.17, 15) is 15.3 Å². The van der Waals surface area contributed by atoms with Crippen LogP contribution in [0.5, 0.6) is 0 Å². The molecule has 3 aromatic rings. The summed E-state index contributed by atoms with van der Waals surface area (Å²) in [6.07, 6.45) is 1.69. The molecule has 0 spiro atoms.